The van der Waals surface area contributed by atoms with E-state index in [2.05, 4.69) is 10.2 Å². The van der Waals surface area contributed by atoms with Gasteiger partial charge >= 0.3 is 0 Å². The van der Waals surface area contributed by atoms with Crippen molar-refractivity contribution < 1.29 is 0 Å². The van der Waals surface area contributed by atoms with Crippen molar-refractivity contribution in [2.45, 2.75) is 13.5 Å². The Hall–Kier alpha value is -1.25. The molecule has 1 heterocycles. The van der Waals surface area contributed by atoms with Gasteiger partial charge in [0, 0.05) is 5.69 Å². The zero-order chi connectivity index (χ0) is 7.40. The highest BCUT2D eigenvalue weighted by molar-refractivity contribution is 5.09. The lowest BCUT2D eigenvalue weighted by Gasteiger charge is -1.93. The van der Waals surface area contributed by atoms with Crippen LogP contribution in [0.15, 0.2) is 23.4 Å². The van der Waals surface area contributed by atoms with Crippen LogP contribution in [-0.2, 0) is 6.54 Å². The van der Waals surface area contributed by atoms with Crippen LogP contribution in [-0.4, -0.2) is 4.98 Å². The Balaban J connectivity index is 2.84. The maximum absolute atomic E-state index is 9.80. The maximum Gasteiger partial charge on any atom is 0.123 e. The van der Waals surface area contributed by atoms with E-state index < -0.39 is 0 Å². The highest BCUT2D eigenvalue weighted by atomic mass is 16.3. The van der Waals surface area contributed by atoms with E-state index in [1.54, 1.807) is 6.07 Å². The molecule has 0 unspecified atom stereocenters. The Kier molecular flexibility index (Phi) is 2.10. The first-order valence-electron chi connectivity index (χ1n) is 3.04. The second-order valence-corrected chi connectivity index (χ2v) is 2.06. The molecule has 1 aromatic heterocycles. The number of aryl methyl sites for hydroxylation is 1. The summed E-state index contributed by atoms with van der Waals surface area (Å²) in [4.78, 5) is 13.9. The molecule has 1 rings (SSSR count). The molecule has 0 amide bonds. The SMILES string of the molecule is Cc1cccc(CN=O)n1. The summed E-state index contributed by atoms with van der Waals surface area (Å²) in [5, 5.41) is 2.73. The van der Waals surface area contributed by atoms with E-state index in [9.17, 15) is 4.91 Å². The van der Waals surface area contributed by atoms with Crippen LogP contribution in [0.25, 0.3) is 0 Å². The number of hydrogen-bond acceptors (Lipinski definition) is 3. The van der Waals surface area contributed by atoms with Gasteiger partial charge in [0.15, 0.2) is 0 Å². The molecule has 0 spiro atoms. The first-order valence-corrected chi connectivity index (χ1v) is 3.04. The van der Waals surface area contributed by atoms with Gasteiger partial charge in [0.2, 0.25) is 0 Å². The second kappa shape index (κ2) is 3.06. The molecule has 0 aliphatic rings. The third-order valence-electron chi connectivity index (χ3n) is 1.17. The topological polar surface area (TPSA) is 42.3 Å². The molecular formula is C7H8N2O. The Morgan fingerprint density at radius 3 is 3.00 bits per heavy atom. The van der Waals surface area contributed by atoms with Gasteiger partial charge in [-0.15, -0.1) is 0 Å². The molecule has 0 aliphatic heterocycles. The maximum atomic E-state index is 9.80. The van der Waals surface area contributed by atoms with Gasteiger partial charge in [0.25, 0.3) is 0 Å². The third-order valence-corrected chi connectivity index (χ3v) is 1.17. The predicted molar refractivity (Wildman–Crippen MR) is 38.5 cm³/mol. The number of nitrogens with zero attached hydrogens (tertiary/aromatic N) is 2. The van der Waals surface area contributed by atoms with E-state index in [0.29, 0.717) is 0 Å². The van der Waals surface area contributed by atoms with Crippen molar-refractivity contribution >= 4 is 0 Å². The lowest BCUT2D eigenvalue weighted by molar-refractivity contribution is 0.961. The average molecular weight is 136 g/mol. The molecule has 3 nitrogen and oxygen atoms in total. The van der Waals surface area contributed by atoms with E-state index in [4.69, 9.17) is 0 Å². The summed E-state index contributed by atoms with van der Waals surface area (Å²) >= 11 is 0. The van der Waals surface area contributed by atoms with E-state index >= 15 is 0 Å². The lowest BCUT2D eigenvalue weighted by Crippen LogP contribution is -1.87. The number of hydrogen-bond donors (Lipinski definition) is 0. The van der Waals surface area contributed by atoms with Crippen LogP contribution < -0.4 is 0 Å². The highest BCUT2D eigenvalue weighted by Gasteiger charge is 1.91. The van der Waals surface area contributed by atoms with Gasteiger partial charge in [-0.1, -0.05) is 11.2 Å². The molecule has 0 atom stereocenters. The summed E-state index contributed by atoms with van der Waals surface area (Å²) in [6, 6.07) is 5.53. The van der Waals surface area contributed by atoms with E-state index in [1.165, 1.54) is 0 Å². The van der Waals surface area contributed by atoms with Crippen LogP contribution >= 0.6 is 0 Å². The van der Waals surface area contributed by atoms with Crippen molar-refractivity contribution in [3.63, 3.8) is 0 Å². The molecule has 0 saturated heterocycles. The quantitative estimate of drug-likeness (QED) is 0.580. The van der Waals surface area contributed by atoms with Crippen LogP contribution in [0.3, 0.4) is 0 Å². The standard InChI is InChI=1S/C7H8N2O/c1-6-3-2-4-7(9-6)5-8-10/h2-4H,5H2,1H3. The molecular weight excluding hydrogens is 128 g/mol. The molecule has 10 heavy (non-hydrogen) atoms. The van der Waals surface area contributed by atoms with E-state index in [-0.39, 0.29) is 6.54 Å². The Morgan fingerprint density at radius 1 is 1.60 bits per heavy atom. The first kappa shape index (κ1) is 6.86. The second-order valence-electron chi connectivity index (χ2n) is 2.06. The van der Waals surface area contributed by atoms with Crippen molar-refractivity contribution in [3.8, 4) is 0 Å². The molecule has 52 valence electrons. The van der Waals surface area contributed by atoms with E-state index in [1.807, 2.05) is 19.1 Å². The summed E-state index contributed by atoms with van der Waals surface area (Å²) in [5.41, 5.74) is 1.65. The molecule has 0 radical (unpaired) electrons. The van der Waals surface area contributed by atoms with Crippen molar-refractivity contribution in [3.05, 3.63) is 34.5 Å². The molecule has 1 aromatic rings. The Bertz CT molecular complexity index is 235. The van der Waals surface area contributed by atoms with Crippen LogP contribution in [0.4, 0.5) is 0 Å². The predicted octanol–water partition coefficient (Wildman–Crippen LogP) is 1.66. The van der Waals surface area contributed by atoms with Crippen LogP contribution in [0.2, 0.25) is 0 Å². The van der Waals surface area contributed by atoms with Gasteiger partial charge < -0.3 is 0 Å². The zero-order valence-corrected chi connectivity index (χ0v) is 5.74. The first-order chi connectivity index (χ1) is 4.83. The zero-order valence-electron chi connectivity index (χ0n) is 5.74. The van der Waals surface area contributed by atoms with Crippen molar-refractivity contribution in [2.75, 3.05) is 0 Å². The third kappa shape index (κ3) is 1.62. The summed E-state index contributed by atoms with van der Waals surface area (Å²) in [5.74, 6) is 0. The van der Waals surface area contributed by atoms with Crippen LogP contribution in [0, 0.1) is 11.8 Å². The fourth-order valence-electron chi connectivity index (χ4n) is 0.754. The summed E-state index contributed by atoms with van der Waals surface area (Å²) in [7, 11) is 0. The lowest BCUT2D eigenvalue weighted by atomic mass is 10.3. The fraction of sp³-hybridized carbons (Fsp3) is 0.286. The van der Waals surface area contributed by atoms with Gasteiger partial charge in [-0.3, -0.25) is 4.98 Å². The van der Waals surface area contributed by atoms with Gasteiger partial charge in [-0.05, 0) is 19.1 Å². The summed E-state index contributed by atoms with van der Waals surface area (Å²) < 4.78 is 0. The minimum absolute atomic E-state index is 0.168. The summed E-state index contributed by atoms with van der Waals surface area (Å²) in [6.45, 7) is 2.05. The molecule has 0 N–H and O–H groups in total. The normalized spacial score (nSPS) is 9.30. The highest BCUT2D eigenvalue weighted by Crippen LogP contribution is 1.98. The van der Waals surface area contributed by atoms with Crippen LogP contribution in [0.1, 0.15) is 11.4 Å². The van der Waals surface area contributed by atoms with Crippen LogP contribution in [0.5, 0.6) is 0 Å². The monoisotopic (exact) mass is 136 g/mol. The number of nitroso groups, excluding NO2 is 1. The smallest absolute Gasteiger partial charge is 0.123 e. The Labute approximate surface area is 59.1 Å². The van der Waals surface area contributed by atoms with Crippen molar-refractivity contribution in [1.29, 1.82) is 0 Å². The van der Waals surface area contributed by atoms with Gasteiger partial charge in [-0.25, -0.2) is 0 Å². The Morgan fingerprint density at radius 2 is 2.40 bits per heavy atom. The number of aromatic nitrogens is 1. The van der Waals surface area contributed by atoms with E-state index in [0.717, 1.165) is 11.4 Å². The molecule has 3 heteroatoms. The van der Waals surface area contributed by atoms with Gasteiger partial charge in [-0.2, -0.15) is 4.91 Å². The van der Waals surface area contributed by atoms with Gasteiger partial charge in [0.05, 0.1) is 5.69 Å². The number of rotatable bonds is 2. The molecule has 0 aliphatic carbocycles. The molecule has 0 bridgehead atoms. The van der Waals surface area contributed by atoms with Gasteiger partial charge in [0.1, 0.15) is 6.54 Å². The largest absolute Gasteiger partial charge is 0.256 e. The molecule has 0 fully saturated rings. The summed E-state index contributed by atoms with van der Waals surface area (Å²) in [6.07, 6.45) is 0. The van der Waals surface area contributed by atoms with Crippen molar-refractivity contribution in [2.24, 2.45) is 5.18 Å². The average Bonchev–Trinajstić information content (AvgIpc) is 1.88. The molecule has 0 saturated carbocycles. The van der Waals surface area contributed by atoms with Crippen molar-refractivity contribution in [1.82, 2.24) is 4.98 Å². The molecule has 0 aromatic carbocycles. The fourth-order valence-corrected chi connectivity index (χ4v) is 0.754. The minimum atomic E-state index is 0.168. The minimum Gasteiger partial charge on any atom is -0.256 e. The number of pyridine rings is 1.